The lowest BCUT2D eigenvalue weighted by atomic mass is 9.77. The van der Waals surface area contributed by atoms with E-state index in [0.717, 1.165) is 23.5 Å². The molecule has 1 atom stereocenters. The van der Waals surface area contributed by atoms with E-state index in [2.05, 4.69) is 15.0 Å². The van der Waals surface area contributed by atoms with E-state index in [4.69, 9.17) is 4.74 Å². The third-order valence-electron chi connectivity index (χ3n) is 6.04. The van der Waals surface area contributed by atoms with Gasteiger partial charge < -0.3 is 10.1 Å². The van der Waals surface area contributed by atoms with Gasteiger partial charge in [-0.15, -0.1) is 23.7 Å². The van der Waals surface area contributed by atoms with Crippen LogP contribution in [-0.2, 0) is 21.9 Å². The summed E-state index contributed by atoms with van der Waals surface area (Å²) in [5, 5.41) is 4.64. The Morgan fingerprint density at radius 2 is 1.89 bits per heavy atom. The molecule has 3 heterocycles. The summed E-state index contributed by atoms with van der Waals surface area (Å²) in [5.41, 5.74) is -1.77. The van der Waals surface area contributed by atoms with Crippen molar-refractivity contribution in [3.63, 3.8) is 0 Å². The first-order chi connectivity index (χ1) is 16.1. The maximum absolute atomic E-state index is 15.4. The molecule has 0 aliphatic carbocycles. The molecule has 0 amide bonds. The van der Waals surface area contributed by atoms with Crippen LogP contribution in [0.5, 0.6) is 5.75 Å². The Hall–Kier alpha value is -2.41. The number of anilines is 1. The van der Waals surface area contributed by atoms with Crippen molar-refractivity contribution < 1.29 is 30.7 Å². The van der Waals surface area contributed by atoms with Gasteiger partial charge in [0, 0.05) is 42.2 Å². The summed E-state index contributed by atoms with van der Waals surface area (Å²) in [4.78, 5) is 3.87. The van der Waals surface area contributed by atoms with Crippen molar-refractivity contribution in [2.45, 2.75) is 29.1 Å². The zero-order chi connectivity index (χ0) is 24.1. The maximum Gasteiger partial charge on any atom is 0.416 e. The van der Waals surface area contributed by atoms with Gasteiger partial charge in [-0.3, -0.25) is 4.72 Å². The highest BCUT2D eigenvalue weighted by atomic mass is 35.5. The second-order valence-corrected chi connectivity index (χ2v) is 10.8. The van der Waals surface area contributed by atoms with Gasteiger partial charge in [0.15, 0.2) is 10.8 Å². The lowest BCUT2D eigenvalue weighted by Gasteiger charge is -2.39. The van der Waals surface area contributed by atoms with Gasteiger partial charge >= 0.3 is 6.18 Å². The Morgan fingerprint density at radius 1 is 1.14 bits per heavy atom. The van der Waals surface area contributed by atoms with Gasteiger partial charge in [-0.05, 0) is 35.7 Å². The van der Waals surface area contributed by atoms with Gasteiger partial charge in [0.1, 0.15) is 5.75 Å². The number of ether oxygens (including phenoxy) is 1. The van der Waals surface area contributed by atoms with Crippen LogP contribution in [0.2, 0.25) is 0 Å². The van der Waals surface area contributed by atoms with Crippen molar-refractivity contribution in [3.05, 3.63) is 70.2 Å². The van der Waals surface area contributed by atoms with Crippen LogP contribution >= 0.6 is 23.7 Å². The number of fused-ring (bicyclic) bond motifs is 1. The molecule has 0 radical (unpaired) electrons. The minimum absolute atomic E-state index is 0. The van der Waals surface area contributed by atoms with Crippen LogP contribution < -0.4 is 14.8 Å². The van der Waals surface area contributed by atoms with Crippen LogP contribution in [0.1, 0.15) is 34.6 Å². The number of sulfonamides is 1. The monoisotopic (exact) mass is 549 g/mol. The number of rotatable bonds is 5. The Bertz CT molecular complexity index is 1330. The fourth-order valence-corrected chi connectivity index (χ4v) is 6.07. The average Bonchev–Trinajstić information content (AvgIpc) is 3.28. The smallest absolute Gasteiger partial charge is 0.416 e. The van der Waals surface area contributed by atoms with E-state index >= 15 is 4.39 Å². The summed E-state index contributed by atoms with van der Waals surface area (Å²) < 4.78 is 89.1. The lowest BCUT2D eigenvalue weighted by Crippen LogP contribution is -2.54. The minimum Gasteiger partial charge on any atom is -0.493 e. The lowest BCUT2D eigenvalue weighted by molar-refractivity contribution is -0.137. The average molecular weight is 550 g/mol. The van der Waals surface area contributed by atoms with E-state index in [-0.39, 0.29) is 47.7 Å². The van der Waals surface area contributed by atoms with Gasteiger partial charge in [0.2, 0.25) is 0 Å². The Morgan fingerprint density at radius 3 is 2.51 bits per heavy atom. The second kappa shape index (κ2) is 9.23. The zero-order valence-corrected chi connectivity index (χ0v) is 20.4. The first-order valence-electron chi connectivity index (χ1n) is 10.4. The second-order valence-electron chi connectivity index (χ2n) is 8.20. The van der Waals surface area contributed by atoms with Crippen molar-refractivity contribution >= 4 is 38.9 Å². The fourth-order valence-electron chi connectivity index (χ4n) is 4.27. The predicted molar refractivity (Wildman–Crippen MR) is 126 cm³/mol. The molecular weight excluding hydrogens is 530 g/mol. The third kappa shape index (κ3) is 4.84. The molecule has 2 aliphatic heterocycles. The van der Waals surface area contributed by atoms with E-state index in [1.807, 2.05) is 0 Å². The van der Waals surface area contributed by atoms with Crippen LogP contribution in [0.4, 0.5) is 22.7 Å². The molecule has 2 N–H and O–H groups in total. The van der Waals surface area contributed by atoms with Crippen LogP contribution in [-0.4, -0.2) is 33.1 Å². The quantitative estimate of drug-likeness (QED) is 0.435. The number of hydrogen-bond acceptors (Lipinski definition) is 6. The van der Waals surface area contributed by atoms with Crippen LogP contribution in [0.15, 0.2) is 52.9 Å². The van der Waals surface area contributed by atoms with Gasteiger partial charge in [-0.25, -0.2) is 17.8 Å². The van der Waals surface area contributed by atoms with E-state index in [9.17, 15) is 21.6 Å². The molecule has 1 saturated heterocycles. The summed E-state index contributed by atoms with van der Waals surface area (Å²) in [6, 6.07) is 7.52. The molecule has 3 aromatic rings. The highest BCUT2D eigenvalue weighted by Gasteiger charge is 2.44. The number of aromatic nitrogens is 1. The van der Waals surface area contributed by atoms with E-state index in [0.29, 0.717) is 23.3 Å². The number of benzene rings is 2. The standard InChI is InChI=1S/C22H19F4N3O3S2.ClH/c23-21(11-27-12-21)18-9-13(22(24,25)26)1-3-16(18)15-5-7-32-19-10-14(2-4-17(15)19)34(30,31)29-20-28-6-8-33-20;/h1-4,6,8-10,15,27H,5,7,11-12H2,(H,28,29);1H. The first-order valence-corrected chi connectivity index (χ1v) is 12.7. The van der Waals surface area contributed by atoms with Gasteiger partial charge in [-0.1, -0.05) is 12.1 Å². The fraction of sp³-hybridized carbons (Fsp3) is 0.318. The highest BCUT2D eigenvalue weighted by molar-refractivity contribution is 7.93. The number of thiazole rings is 1. The molecule has 5 rings (SSSR count). The van der Waals surface area contributed by atoms with Gasteiger partial charge in [0.05, 0.1) is 17.1 Å². The van der Waals surface area contributed by atoms with Crippen molar-refractivity contribution in [2.75, 3.05) is 24.4 Å². The Labute approximate surface area is 209 Å². The number of hydrogen-bond donors (Lipinski definition) is 2. The molecule has 1 aromatic heterocycles. The molecule has 0 bridgehead atoms. The largest absolute Gasteiger partial charge is 0.493 e. The molecule has 0 saturated carbocycles. The molecule has 13 heteroatoms. The van der Waals surface area contributed by atoms with Crippen molar-refractivity contribution in [2.24, 2.45) is 0 Å². The summed E-state index contributed by atoms with van der Waals surface area (Å²) in [6.45, 7) is 0.0626. The molecular formula is C22H20ClF4N3O3S2. The topological polar surface area (TPSA) is 80.3 Å². The normalized spacial score (nSPS) is 19.0. The first kappa shape index (κ1) is 25.7. The number of halogens is 5. The van der Waals surface area contributed by atoms with Gasteiger partial charge in [-0.2, -0.15) is 13.2 Å². The number of nitrogens with zero attached hydrogens (tertiary/aromatic N) is 1. The van der Waals surface area contributed by atoms with Crippen molar-refractivity contribution in [1.29, 1.82) is 0 Å². The van der Waals surface area contributed by atoms with E-state index in [1.54, 1.807) is 11.4 Å². The zero-order valence-electron chi connectivity index (χ0n) is 17.9. The number of alkyl halides is 4. The predicted octanol–water partition coefficient (Wildman–Crippen LogP) is 5.07. The van der Waals surface area contributed by atoms with E-state index < -0.39 is 33.3 Å². The molecule has 35 heavy (non-hydrogen) atoms. The molecule has 1 fully saturated rings. The van der Waals surface area contributed by atoms with Crippen LogP contribution in [0.25, 0.3) is 0 Å². The highest BCUT2D eigenvalue weighted by Crippen LogP contribution is 2.45. The summed E-state index contributed by atoms with van der Waals surface area (Å²) >= 11 is 1.13. The SMILES string of the molecule is Cl.O=S(=O)(Nc1nccs1)c1ccc2c(c1)OCCC2c1ccc(C(F)(F)F)cc1C1(F)CNC1. The summed E-state index contributed by atoms with van der Waals surface area (Å²) in [6.07, 6.45) is -2.71. The van der Waals surface area contributed by atoms with Crippen LogP contribution in [0.3, 0.4) is 0 Å². The summed E-state index contributed by atoms with van der Waals surface area (Å²) in [7, 11) is -3.92. The molecule has 2 aliphatic rings. The minimum atomic E-state index is -4.60. The van der Waals surface area contributed by atoms with Crippen molar-refractivity contribution in [1.82, 2.24) is 10.3 Å². The van der Waals surface area contributed by atoms with E-state index in [1.165, 1.54) is 24.4 Å². The Kier molecular flexibility index (Phi) is 6.77. The third-order valence-corrected chi connectivity index (χ3v) is 8.19. The number of nitrogens with one attached hydrogen (secondary N) is 2. The van der Waals surface area contributed by atoms with Gasteiger partial charge in [0.25, 0.3) is 10.0 Å². The van der Waals surface area contributed by atoms with Crippen LogP contribution in [0, 0.1) is 0 Å². The molecule has 1 unspecified atom stereocenters. The van der Waals surface area contributed by atoms with Crippen molar-refractivity contribution in [3.8, 4) is 5.75 Å². The summed E-state index contributed by atoms with van der Waals surface area (Å²) in [5.74, 6) is -0.151. The molecule has 2 aromatic carbocycles. The maximum atomic E-state index is 15.4. The Balaban J connectivity index is 0.00000289. The molecule has 0 spiro atoms. The molecule has 6 nitrogen and oxygen atoms in total. The molecule has 188 valence electrons.